The minimum Gasteiger partial charge on any atom is -0.507 e. The molecule has 3 rings (SSSR count). The van der Waals surface area contributed by atoms with Crippen LogP contribution in [0.25, 0.3) is 11.1 Å². The molecule has 1 N–H and O–H groups in total. The lowest BCUT2D eigenvalue weighted by molar-refractivity contribution is -0.137. The fraction of sp³-hybridized carbons (Fsp3) is 0.217. The number of aryl methyl sites for hydroxylation is 2. The Labute approximate surface area is 165 Å². The van der Waals surface area contributed by atoms with Gasteiger partial charge in [-0.2, -0.15) is 13.2 Å². The SMILES string of the molecule is CCc1ccc(-c2c(O)cc(F)c(CCc3ccc(C(F)(F)F)cc3)c2F)cc1. The Hall–Kier alpha value is -2.89. The molecular formula is C23H19F5O. The fourth-order valence-corrected chi connectivity index (χ4v) is 3.19. The van der Waals surface area contributed by atoms with E-state index in [1.54, 1.807) is 24.3 Å². The molecule has 0 aliphatic carbocycles. The van der Waals surface area contributed by atoms with Crippen LogP contribution in [0.4, 0.5) is 22.0 Å². The molecule has 0 heterocycles. The summed E-state index contributed by atoms with van der Waals surface area (Å²) in [5.74, 6) is -2.25. The fourth-order valence-electron chi connectivity index (χ4n) is 3.19. The number of alkyl halides is 3. The Kier molecular flexibility index (Phi) is 5.91. The highest BCUT2D eigenvalue weighted by Gasteiger charge is 2.30. The van der Waals surface area contributed by atoms with Crippen molar-refractivity contribution in [2.75, 3.05) is 0 Å². The molecule has 0 bridgehead atoms. The number of benzene rings is 3. The van der Waals surface area contributed by atoms with E-state index >= 15 is 4.39 Å². The zero-order valence-electron chi connectivity index (χ0n) is 15.7. The number of aromatic hydroxyl groups is 1. The Morgan fingerprint density at radius 2 is 1.41 bits per heavy atom. The third kappa shape index (κ3) is 4.58. The summed E-state index contributed by atoms with van der Waals surface area (Å²) in [6.45, 7) is 1.98. The van der Waals surface area contributed by atoms with Crippen molar-refractivity contribution in [2.24, 2.45) is 0 Å². The van der Waals surface area contributed by atoms with E-state index in [1.807, 2.05) is 6.92 Å². The number of rotatable bonds is 5. The van der Waals surface area contributed by atoms with Gasteiger partial charge in [0, 0.05) is 11.6 Å². The van der Waals surface area contributed by atoms with Gasteiger partial charge in [0.15, 0.2) is 0 Å². The van der Waals surface area contributed by atoms with Gasteiger partial charge in [-0.15, -0.1) is 0 Å². The van der Waals surface area contributed by atoms with Crippen molar-refractivity contribution in [1.29, 1.82) is 0 Å². The second kappa shape index (κ2) is 8.23. The highest BCUT2D eigenvalue weighted by Crippen LogP contribution is 2.36. The molecule has 3 aromatic rings. The van der Waals surface area contributed by atoms with Gasteiger partial charge >= 0.3 is 6.18 Å². The van der Waals surface area contributed by atoms with Gasteiger partial charge in [-0.05, 0) is 48.1 Å². The molecule has 0 radical (unpaired) electrons. The monoisotopic (exact) mass is 406 g/mol. The summed E-state index contributed by atoms with van der Waals surface area (Å²) in [5, 5.41) is 10.1. The van der Waals surface area contributed by atoms with Crippen molar-refractivity contribution in [3.05, 3.63) is 88.5 Å². The molecule has 152 valence electrons. The molecule has 3 aromatic carbocycles. The molecule has 0 aliphatic rings. The van der Waals surface area contributed by atoms with Gasteiger partial charge in [0.2, 0.25) is 0 Å². The molecule has 0 saturated carbocycles. The summed E-state index contributed by atoms with van der Waals surface area (Å²) in [7, 11) is 0. The largest absolute Gasteiger partial charge is 0.507 e. The maximum absolute atomic E-state index is 15.0. The van der Waals surface area contributed by atoms with E-state index in [-0.39, 0.29) is 24.0 Å². The topological polar surface area (TPSA) is 20.2 Å². The first kappa shape index (κ1) is 20.8. The highest BCUT2D eigenvalue weighted by molar-refractivity contribution is 5.72. The van der Waals surface area contributed by atoms with Crippen LogP contribution in [-0.4, -0.2) is 5.11 Å². The predicted octanol–water partition coefficient (Wildman–Crippen LogP) is 6.70. The summed E-state index contributed by atoms with van der Waals surface area (Å²) in [6.07, 6.45) is -3.53. The molecule has 29 heavy (non-hydrogen) atoms. The lowest BCUT2D eigenvalue weighted by Crippen LogP contribution is -2.05. The van der Waals surface area contributed by atoms with Crippen molar-refractivity contribution < 1.29 is 27.1 Å². The highest BCUT2D eigenvalue weighted by atomic mass is 19.4. The molecular weight excluding hydrogens is 387 g/mol. The van der Waals surface area contributed by atoms with E-state index in [0.29, 0.717) is 11.1 Å². The standard InChI is InChI=1S/C23H19F5O/c1-2-14-3-8-16(9-4-14)21-20(29)13-19(24)18(22(21)25)12-7-15-5-10-17(11-6-15)23(26,27)28/h3-6,8-11,13,29H,2,7,12H2,1H3. The van der Waals surface area contributed by atoms with Crippen LogP contribution >= 0.6 is 0 Å². The summed E-state index contributed by atoms with van der Waals surface area (Å²) >= 11 is 0. The maximum atomic E-state index is 15.0. The first-order valence-corrected chi connectivity index (χ1v) is 9.16. The number of phenolic OH excluding ortho intramolecular Hbond substituents is 1. The van der Waals surface area contributed by atoms with E-state index in [9.17, 15) is 22.7 Å². The van der Waals surface area contributed by atoms with Crippen molar-refractivity contribution in [3.8, 4) is 16.9 Å². The van der Waals surface area contributed by atoms with E-state index in [2.05, 4.69) is 0 Å². The van der Waals surface area contributed by atoms with Crippen LogP contribution in [0.15, 0.2) is 54.6 Å². The van der Waals surface area contributed by atoms with Crippen molar-refractivity contribution in [1.82, 2.24) is 0 Å². The van der Waals surface area contributed by atoms with Crippen LogP contribution in [0.1, 0.15) is 29.2 Å². The van der Waals surface area contributed by atoms with Crippen LogP contribution < -0.4 is 0 Å². The summed E-state index contributed by atoms with van der Waals surface area (Å²) in [5.41, 5.74) is 0.916. The minimum absolute atomic E-state index is 0.0522. The number of hydrogen-bond acceptors (Lipinski definition) is 1. The van der Waals surface area contributed by atoms with Crippen LogP contribution in [0.2, 0.25) is 0 Å². The van der Waals surface area contributed by atoms with E-state index in [0.717, 1.165) is 30.2 Å². The summed E-state index contributed by atoms with van der Waals surface area (Å²) in [4.78, 5) is 0. The molecule has 0 aliphatic heterocycles. The van der Waals surface area contributed by atoms with Gasteiger partial charge in [0.05, 0.1) is 11.1 Å². The van der Waals surface area contributed by atoms with Crippen LogP contribution in [0, 0.1) is 11.6 Å². The Morgan fingerprint density at radius 1 is 0.828 bits per heavy atom. The second-order valence-corrected chi connectivity index (χ2v) is 6.79. The van der Waals surface area contributed by atoms with Crippen molar-refractivity contribution in [2.45, 2.75) is 32.4 Å². The lowest BCUT2D eigenvalue weighted by Gasteiger charge is -2.13. The molecule has 0 unspecified atom stereocenters. The smallest absolute Gasteiger partial charge is 0.416 e. The average Bonchev–Trinajstić information content (AvgIpc) is 2.67. The van der Waals surface area contributed by atoms with Crippen molar-refractivity contribution >= 4 is 0 Å². The van der Waals surface area contributed by atoms with Gasteiger partial charge in [-0.25, -0.2) is 8.78 Å². The third-order valence-electron chi connectivity index (χ3n) is 4.89. The Balaban J connectivity index is 1.87. The van der Waals surface area contributed by atoms with E-state index in [1.165, 1.54) is 12.1 Å². The van der Waals surface area contributed by atoms with Gasteiger partial charge in [0.1, 0.15) is 17.4 Å². The molecule has 0 atom stereocenters. The van der Waals surface area contributed by atoms with Crippen LogP contribution in [0.3, 0.4) is 0 Å². The second-order valence-electron chi connectivity index (χ2n) is 6.79. The molecule has 0 fully saturated rings. The molecule has 0 amide bonds. The first-order chi connectivity index (χ1) is 13.7. The lowest BCUT2D eigenvalue weighted by atomic mass is 9.95. The van der Waals surface area contributed by atoms with E-state index < -0.39 is 29.1 Å². The zero-order valence-corrected chi connectivity index (χ0v) is 15.7. The summed E-state index contributed by atoms with van der Waals surface area (Å²) in [6, 6.07) is 12.3. The molecule has 6 heteroatoms. The number of halogens is 5. The van der Waals surface area contributed by atoms with Gasteiger partial charge in [0.25, 0.3) is 0 Å². The molecule has 0 saturated heterocycles. The number of phenols is 1. The van der Waals surface area contributed by atoms with Crippen LogP contribution in [-0.2, 0) is 25.4 Å². The zero-order chi connectivity index (χ0) is 21.2. The normalized spacial score (nSPS) is 11.7. The third-order valence-corrected chi connectivity index (χ3v) is 4.89. The van der Waals surface area contributed by atoms with Crippen molar-refractivity contribution in [3.63, 3.8) is 0 Å². The quantitative estimate of drug-likeness (QED) is 0.467. The van der Waals surface area contributed by atoms with Crippen LogP contribution in [0.5, 0.6) is 5.75 Å². The molecule has 1 nitrogen and oxygen atoms in total. The number of hydrogen-bond donors (Lipinski definition) is 1. The Bertz CT molecular complexity index is 990. The predicted molar refractivity (Wildman–Crippen MR) is 102 cm³/mol. The first-order valence-electron chi connectivity index (χ1n) is 9.16. The Morgan fingerprint density at radius 3 is 1.97 bits per heavy atom. The minimum atomic E-state index is -4.43. The average molecular weight is 406 g/mol. The van der Waals surface area contributed by atoms with Gasteiger partial charge in [-0.3, -0.25) is 0 Å². The summed E-state index contributed by atoms with van der Waals surface area (Å²) < 4.78 is 67.3. The van der Waals surface area contributed by atoms with Gasteiger partial charge < -0.3 is 5.11 Å². The molecule has 0 spiro atoms. The van der Waals surface area contributed by atoms with E-state index in [4.69, 9.17) is 0 Å². The molecule has 0 aromatic heterocycles. The maximum Gasteiger partial charge on any atom is 0.416 e. The van der Waals surface area contributed by atoms with Gasteiger partial charge in [-0.1, -0.05) is 43.3 Å².